The highest BCUT2D eigenvalue weighted by molar-refractivity contribution is 9.13. The van der Waals surface area contributed by atoms with Crippen LogP contribution in [0.25, 0.3) is 0 Å². The highest BCUT2D eigenvalue weighted by Crippen LogP contribution is 2.27. The van der Waals surface area contributed by atoms with Gasteiger partial charge in [0.1, 0.15) is 10.8 Å². The smallest absolute Gasteiger partial charge is 0.206 e. The highest BCUT2D eigenvalue weighted by Gasteiger charge is 2.08. The molecule has 0 saturated heterocycles. The SMILES string of the molecule is CC(C)Cc1nnc(NCc2cc(Br)c(Br)o2)s1. The van der Waals surface area contributed by atoms with Crippen LogP contribution in [0.4, 0.5) is 5.13 Å². The monoisotopic (exact) mass is 393 g/mol. The van der Waals surface area contributed by atoms with Gasteiger partial charge in [-0.05, 0) is 43.8 Å². The number of halogens is 2. The first kappa shape index (κ1) is 14.0. The first-order valence-electron chi connectivity index (χ1n) is 5.54. The molecule has 0 aliphatic rings. The third-order valence-electron chi connectivity index (χ3n) is 2.16. The second-order valence-corrected chi connectivity index (χ2v) is 6.92. The number of aromatic nitrogens is 2. The van der Waals surface area contributed by atoms with Gasteiger partial charge >= 0.3 is 0 Å². The van der Waals surface area contributed by atoms with Crippen molar-refractivity contribution < 1.29 is 4.42 Å². The van der Waals surface area contributed by atoms with Crippen molar-refractivity contribution in [1.29, 1.82) is 0 Å². The fourth-order valence-electron chi connectivity index (χ4n) is 1.40. The summed E-state index contributed by atoms with van der Waals surface area (Å²) in [5.41, 5.74) is 0. The number of nitrogens with zero attached hydrogens (tertiary/aromatic N) is 2. The lowest BCUT2D eigenvalue weighted by molar-refractivity contribution is 0.494. The van der Waals surface area contributed by atoms with E-state index in [1.165, 1.54) is 0 Å². The molecule has 0 aromatic carbocycles. The number of hydrogen-bond donors (Lipinski definition) is 1. The van der Waals surface area contributed by atoms with Gasteiger partial charge in [0.15, 0.2) is 4.67 Å². The molecule has 0 saturated carbocycles. The third-order valence-corrected chi connectivity index (χ3v) is 4.77. The van der Waals surface area contributed by atoms with Gasteiger partial charge in [-0.3, -0.25) is 0 Å². The third kappa shape index (κ3) is 3.80. The van der Waals surface area contributed by atoms with E-state index in [9.17, 15) is 0 Å². The largest absolute Gasteiger partial charge is 0.451 e. The van der Waals surface area contributed by atoms with E-state index in [-0.39, 0.29) is 0 Å². The molecule has 0 aliphatic carbocycles. The molecular weight excluding hydrogens is 382 g/mol. The van der Waals surface area contributed by atoms with E-state index in [2.05, 4.69) is 61.2 Å². The Kier molecular flexibility index (Phi) is 4.80. The number of anilines is 1. The second-order valence-electron chi connectivity index (χ2n) is 4.29. The van der Waals surface area contributed by atoms with E-state index in [0.29, 0.717) is 17.1 Å². The summed E-state index contributed by atoms with van der Waals surface area (Å²) in [5, 5.41) is 13.4. The number of hydrogen-bond acceptors (Lipinski definition) is 5. The van der Waals surface area contributed by atoms with Gasteiger partial charge < -0.3 is 9.73 Å². The molecule has 18 heavy (non-hydrogen) atoms. The molecule has 0 fully saturated rings. The number of furan rings is 1. The van der Waals surface area contributed by atoms with E-state index in [0.717, 1.165) is 26.8 Å². The van der Waals surface area contributed by atoms with Crippen molar-refractivity contribution in [2.24, 2.45) is 5.92 Å². The zero-order valence-corrected chi connectivity index (χ0v) is 14.0. The van der Waals surface area contributed by atoms with Crippen molar-refractivity contribution in [2.75, 3.05) is 5.32 Å². The molecule has 0 radical (unpaired) electrons. The summed E-state index contributed by atoms with van der Waals surface area (Å²) in [6, 6.07) is 1.92. The van der Waals surface area contributed by atoms with Crippen LogP contribution in [-0.2, 0) is 13.0 Å². The lowest BCUT2D eigenvalue weighted by Crippen LogP contribution is -1.97. The van der Waals surface area contributed by atoms with Crippen molar-refractivity contribution >= 4 is 48.3 Å². The highest BCUT2D eigenvalue weighted by atomic mass is 79.9. The Labute approximate surface area is 126 Å². The maximum Gasteiger partial charge on any atom is 0.206 e. The van der Waals surface area contributed by atoms with E-state index in [4.69, 9.17) is 4.42 Å². The molecule has 98 valence electrons. The topological polar surface area (TPSA) is 51.0 Å². The van der Waals surface area contributed by atoms with Crippen molar-refractivity contribution in [2.45, 2.75) is 26.8 Å². The molecule has 4 nitrogen and oxygen atoms in total. The molecule has 2 heterocycles. The molecule has 0 unspecified atom stereocenters. The van der Waals surface area contributed by atoms with Crippen LogP contribution in [0.5, 0.6) is 0 Å². The summed E-state index contributed by atoms with van der Waals surface area (Å²) >= 11 is 8.28. The lowest BCUT2D eigenvalue weighted by Gasteiger charge is -1.98. The normalized spacial score (nSPS) is 11.2. The molecule has 2 aromatic rings. The average molecular weight is 395 g/mol. The fraction of sp³-hybridized carbons (Fsp3) is 0.455. The Hall–Kier alpha value is -0.400. The van der Waals surface area contributed by atoms with E-state index in [1.807, 2.05) is 6.07 Å². The first-order chi connectivity index (χ1) is 8.54. The predicted octanol–water partition coefficient (Wildman–Crippen LogP) is 4.47. The Morgan fingerprint density at radius 2 is 2.17 bits per heavy atom. The molecule has 0 amide bonds. The number of nitrogens with one attached hydrogen (secondary N) is 1. The van der Waals surface area contributed by atoms with Crippen LogP contribution in [0.3, 0.4) is 0 Å². The molecule has 1 N–H and O–H groups in total. The zero-order chi connectivity index (χ0) is 13.1. The van der Waals surface area contributed by atoms with Crippen LogP contribution in [0, 0.1) is 5.92 Å². The molecule has 0 spiro atoms. The van der Waals surface area contributed by atoms with Crippen LogP contribution in [0.2, 0.25) is 0 Å². The standard InChI is InChI=1S/C11H13Br2N3OS/c1-6(2)3-9-15-16-11(18-9)14-5-7-4-8(12)10(13)17-7/h4,6H,3,5H2,1-2H3,(H,14,16). The molecule has 7 heteroatoms. The molecule has 0 aliphatic heterocycles. The van der Waals surface area contributed by atoms with Gasteiger partial charge in [0.25, 0.3) is 0 Å². The van der Waals surface area contributed by atoms with Gasteiger partial charge in [0, 0.05) is 6.42 Å². The predicted molar refractivity (Wildman–Crippen MR) is 79.9 cm³/mol. The van der Waals surface area contributed by atoms with Crippen LogP contribution in [0.1, 0.15) is 24.6 Å². The first-order valence-corrected chi connectivity index (χ1v) is 7.95. The van der Waals surface area contributed by atoms with Crippen molar-refractivity contribution in [3.63, 3.8) is 0 Å². The summed E-state index contributed by atoms with van der Waals surface area (Å²) in [4.78, 5) is 0. The van der Waals surface area contributed by atoms with Gasteiger partial charge in [-0.15, -0.1) is 10.2 Å². The van der Waals surface area contributed by atoms with E-state index < -0.39 is 0 Å². The minimum Gasteiger partial charge on any atom is -0.451 e. The summed E-state index contributed by atoms with van der Waals surface area (Å²) < 4.78 is 7.09. The van der Waals surface area contributed by atoms with Crippen LogP contribution in [-0.4, -0.2) is 10.2 Å². The molecular formula is C11H13Br2N3OS. The summed E-state index contributed by atoms with van der Waals surface area (Å²) in [5.74, 6) is 1.44. The van der Waals surface area contributed by atoms with Crippen LogP contribution >= 0.6 is 43.2 Å². The summed E-state index contributed by atoms with van der Waals surface area (Å²) in [6.45, 7) is 4.94. The minimum atomic E-state index is 0.598. The van der Waals surface area contributed by atoms with Crippen LogP contribution in [0.15, 0.2) is 19.6 Å². The fourth-order valence-corrected chi connectivity index (χ4v) is 3.00. The van der Waals surface area contributed by atoms with Gasteiger partial charge in [-0.2, -0.15) is 0 Å². The second kappa shape index (κ2) is 6.16. The Morgan fingerprint density at radius 3 is 2.78 bits per heavy atom. The summed E-state index contributed by atoms with van der Waals surface area (Å²) in [7, 11) is 0. The van der Waals surface area contributed by atoms with Crippen molar-refractivity contribution in [1.82, 2.24) is 10.2 Å². The Bertz CT molecular complexity index is 505. The van der Waals surface area contributed by atoms with Crippen molar-refractivity contribution in [3.8, 4) is 0 Å². The summed E-state index contributed by atoms with van der Waals surface area (Å²) in [6.07, 6.45) is 0.969. The molecule has 0 bridgehead atoms. The van der Waals surface area contributed by atoms with E-state index >= 15 is 0 Å². The van der Waals surface area contributed by atoms with E-state index in [1.54, 1.807) is 11.3 Å². The van der Waals surface area contributed by atoms with Gasteiger partial charge in [-0.1, -0.05) is 25.2 Å². The quantitative estimate of drug-likeness (QED) is 0.812. The Morgan fingerprint density at radius 1 is 1.39 bits per heavy atom. The van der Waals surface area contributed by atoms with Crippen molar-refractivity contribution in [3.05, 3.63) is 26.0 Å². The zero-order valence-electron chi connectivity index (χ0n) is 10.0. The molecule has 2 rings (SSSR count). The maximum atomic E-state index is 5.47. The lowest BCUT2D eigenvalue weighted by atomic mass is 10.1. The van der Waals surface area contributed by atoms with Gasteiger partial charge in [-0.25, -0.2) is 0 Å². The van der Waals surface area contributed by atoms with Gasteiger partial charge in [0.2, 0.25) is 5.13 Å². The number of rotatable bonds is 5. The van der Waals surface area contributed by atoms with Gasteiger partial charge in [0.05, 0.1) is 11.0 Å². The maximum absolute atomic E-state index is 5.47. The molecule has 0 atom stereocenters. The Balaban J connectivity index is 1.92. The average Bonchev–Trinajstić information content (AvgIpc) is 2.84. The molecule has 2 aromatic heterocycles. The van der Waals surface area contributed by atoms with Crippen LogP contribution < -0.4 is 5.32 Å². The minimum absolute atomic E-state index is 0.598.